The van der Waals surface area contributed by atoms with Gasteiger partial charge >= 0.3 is 0 Å². The van der Waals surface area contributed by atoms with Crippen molar-refractivity contribution in [3.8, 4) is 0 Å². The maximum absolute atomic E-state index is 14.1. The number of halogens is 2. The van der Waals surface area contributed by atoms with Gasteiger partial charge in [0, 0.05) is 12.1 Å². The van der Waals surface area contributed by atoms with Crippen LogP contribution < -0.4 is 5.32 Å². The molecule has 1 aromatic heterocycles. The van der Waals surface area contributed by atoms with Gasteiger partial charge in [-0.3, -0.25) is 0 Å². The quantitative estimate of drug-likeness (QED) is 0.884. The summed E-state index contributed by atoms with van der Waals surface area (Å²) in [5, 5.41) is 8.05. The second kappa shape index (κ2) is 5.20. The molecular formula is C15H17BrFN3. The van der Waals surface area contributed by atoms with Crippen molar-refractivity contribution in [1.29, 1.82) is 0 Å². The lowest BCUT2D eigenvalue weighted by atomic mass is 10.0. The third kappa shape index (κ3) is 2.14. The van der Waals surface area contributed by atoms with Gasteiger partial charge in [0.05, 0.1) is 16.2 Å². The third-order valence-corrected chi connectivity index (χ3v) is 4.48. The average molecular weight is 338 g/mol. The van der Waals surface area contributed by atoms with Gasteiger partial charge < -0.3 is 5.32 Å². The van der Waals surface area contributed by atoms with Gasteiger partial charge in [0.1, 0.15) is 11.6 Å². The number of nitrogens with zero attached hydrogens (tertiary/aromatic N) is 2. The van der Waals surface area contributed by atoms with Gasteiger partial charge in [-0.25, -0.2) is 9.07 Å². The molecule has 5 heteroatoms. The van der Waals surface area contributed by atoms with Crippen LogP contribution in [0.2, 0.25) is 0 Å². The van der Waals surface area contributed by atoms with E-state index in [-0.39, 0.29) is 11.9 Å². The molecule has 0 bridgehead atoms. The molecular weight excluding hydrogens is 321 g/mol. The second-order valence-corrected chi connectivity index (χ2v) is 6.19. The first-order valence-electron chi connectivity index (χ1n) is 6.85. The molecule has 0 aliphatic carbocycles. The molecule has 0 radical (unpaired) electrons. The van der Waals surface area contributed by atoms with Crippen LogP contribution in [0.4, 0.5) is 10.2 Å². The number of hydrogen-bond donors (Lipinski definition) is 1. The van der Waals surface area contributed by atoms with Gasteiger partial charge in [-0.05, 0) is 34.3 Å². The molecule has 106 valence electrons. The predicted octanol–water partition coefficient (Wildman–Crippen LogP) is 4.31. The number of aromatic nitrogens is 2. The summed E-state index contributed by atoms with van der Waals surface area (Å²) < 4.78 is 17.0. The topological polar surface area (TPSA) is 29.9 Å². The first kappa shape index (κ1) is 13.6. The van der Waals surface area contributed by atoms with Crippen molar-refractivity contribution in [1.82, 2.24) is 9.78 Å². The Morgan fingerprint density at radius 2 is 2.15 bits per heavy atom. The molecule has 1 unspecified atom stereocenters. The number of rotatable bonds is 2. The third-order valence-electron chi connectivity index (χ3n) is 3.69. The fraction of sp³-hybridized carbons (Fsp3) is 0.400. The standard InChI is InChI=1S/C15H17BrFN3/c1-9(2)14-13(16)15-18-8-7-12(20(15)19-14)10-5-3-4-6-11(10)17/h3-6,9,12,18H,7-8H2,1-2H3. The highest BCUT2D eigenvalue weighted by molar-refractivity contribution is 9.10. The van der Waals surface area contributed by atoms with Crippen LogP contribution in [0.5, 0.6) is 0 Å². The van der Waals surface area contributed by atoms with Crippen molar-refractivity contribution in [2.45, 2.75) is 32.2 Å². The number of benzene rings is 1. The van der Waals surface area contributed by atoms with E-state index in [0.29, 0.717) is 11.5 Å². The number of fused-ring (bicyclic) bond motifs is 1. The fourth-order valence-corrected chi connectivity index (χ4v) is 3.53. The zero-order valence-electron chi connectivity index (χ0n) is 11.5. The Morgan fingerprint density at radius 3 is 2.85 bits per heavy atom. The van der Waals surface area contributed by atoms with E-state index in [1.165, 1.54) is 6.07 Å². The summed E-state index contributed by atoms with van der Waals surface area (Å²) in [4.78, 5) is 0. The molecule has 1 aliphatic heterocycles. The zero-order valence-corrected chi connectivity index (χ0v) is 13.1. The maximum Gasteiger partial charge on any atom is 0.139 e. The van der Waals surface area contributed by atoms with Gasteiger partial charge in [0.2, 0.25) is 0 Å². The Morgan fingerprint density at radius 1 is 1.40 bits per heavy atom. The van der Waals surface area contributed by atoms with E-state index < -0.39 is 0 Å². The van der Waals surface area contributed by atoms with Crippen molar-refractivity contribution in [2.75, 3.05) is 11.9 Å². The number of hydrogen-bond acceptors (Lipinski definition) is 2. The lowest BCUT2D eigenvalue weighted by Gasteiger charge is -2.26. The van der Waals surface area contributed by atoms with E-state index >= 15 is 0 Å². The molecule has 2 heterocycles. The van der Waals surface area contributed by atoms with E-state index in [0.717, 1.165) is 29.0 Å². The molecule has 0 saturated heterocycles. The van der Waals surface area contributed by atoms with Crippen molar-refractivity contribution in [2.24, 2.45) is 0 Å². The normalized spacial score (nSPS) is 17.9. The molecule has 2 aromatic rings. The summed E-state index contributed by atoms with van der Waals surface area (Å²) in [5.41, 5.74) is 1.72. The van der Waals surface area contributed by atoms with Gasteiger partial charge in [-0.2, -0.15) is 5.10 Å². The van der Waals surface area contributed by atoms with Crippen LogP contribution in [0.1, 0.15) is 43.5 Å². The summed E-state index contributed by atoms with van der Waals surface area (Å²) in [7, 11) is 0. The van der Waals surface area contributed by atoms with Crippen LogP contribution >= 0.6 is 15.9 Å². The Bertz CT molecular complexity index is 636. The van der Waals surface area contributed by atoms with Crippen LogP contribution in [0.3, 0.4) is 0 Å². The van der Waals surface area contributed by atoms with Crippen molar-refractivity contribution < 1.29 is 4.39 Å². The Hall–Kier alpha value is -1.36. The average Bonchev–Trinajstić information content (AvgIpc) is 2.77. The highest BCUT2D eigenvalue weighted by atomic mass is 79.9. The van der Waals surface area contributed by atoms with Crippen molar-refractivity contribution >= 4 is 21.7 Å². The van der Waals surface area contributed by atoms with E-state index in [4.69, 9.17) is 0 Å². The largest absolute Gasteiger partial charge is 0.369 e. The molecule has 1 atom stereocenters. The first-order valence-corrected chi connectivity index (χ1v) is 7.65. The van der Waals surface area contributed by atoms with Crippen LogP contribution in [0.25, 0.3) is 0 Å². The van der Waals surface area contributed by atoms with Crippen molar-refractivity contribution in [3.05, 3.63) is 45.8 Å². The molecule has 0 fully saturated rings. The summed E-state index contributed by atoms with van der Waals surface area (Å²) >= 11 is 3.62. The van der Waals surface area contributed by atoms with E-state index in [9.17, 15) is 4.39 Å². The molecule has 3 rings (SSSR count). The summed E-state index contributed by atoms with van der Waals surface area (Å²) in [6.07, 6.45) is 0.833. The predicted molar refractivity (Wildman–Crippen MR) is 81.7 cm³/mol. The Kier molecular flexibility index (Phi) is 3.54. The Labute approximate surface area is 126 Å². The molecule has 3 nitrogen and oxygen atoms in total. The van der Waals surface area contributed by atoms with Gasteiger partial charge in [-0.15, -0.1) is 0 Å². The lowest BCUT2D eigenvalue weighted by Crippen LogP contribution is -2.25. The SMILES string of the molecule is CC(C)c1nn2c(c1Br)NCCC2c1ccccc1F. The molecule has 0 spiro atoms. The first-order chi connectivity index (χ1) is 9.59. The minimum atomic E-state index is -0.164. The monoisotopic (exact) mass is 337 g/mol. The number of anilines is 1. The summed E-state index contributed by atoms with van der Waals surface area (Å²) in [5.74, 6) is 1.11. The van der Waals surface area contributed by atoms with Crippen LogP contribution in [-0.4, -0.2) is 16.3 Å². The van der Waals surface area contributed by atoms with Crippen LogP contribution in [0, 0.1) is 5.82 Å². The molecule has 1 aromatic carbocycles. The van der Waals surface area contributed by atoms with E-state index in [1.807, 2.05) is 16.8 Å². The van der Waals surface area contributed by atoms with Gasteiger partial charge in [0.25, 0.3) is 0 Å². The maximum atomic E-state index is 14.1. The molecule has 20 heavy (non-hydrogen) atoms. The zero-order chi connectivity index (χ0) is 14.3. The van der Waals surface area contributed by atoms with Crippen LogP contribution in [-0.2, 0) is 0 Å². The van der Waals surface area contributed by atoms with Gasteiger partial charge in [0.15, 0.2) is 0 Å². The Balaban J connectivity index is 2.11. The highest BCUT2D eigenvalue weighted by Gasteiger charge is 2.28. The molecule has 0 amide bonds. The minimum Gasteiger partial charge on any atom is -0.369 e. The van der Waals surface area contributed by atoms with Crippen LogP contribution in [0.15, 0.2) is 28.7 Å². The number of nitrogens with one attached hydrogen (secondary N) is 1. The summed E-state index contributed by atoms with van der Waals surface area (Å²) in [6, 6.07) is 6.91. The second-order valence-electron chi connectivity index (χ2n) is 5.40. The van der Waals surface area contributed by atoms with E-state index in [1.54, 1.807) is 6.07 Å². The molecule has 0 saturated carbocycles. The van der Waals surface area contributed by atoms with E-state index in [2.05, 4.69) is 40.2 Å². The summed E-state index contributed by atoms with van der Waals surface area (Å²) in [6.45, 7) is 5.04. The smallest absolute Gasteiger partial charge is 0.139 e. The van der Waals surface area contributed by atoms with Gasteiger partial charge in [-0.1, -0.05) is 32.0 Å². The molecule has 1 N–H and O–H groups in total. The van der Waals surface area contributed by atoms with Crippen molar-refractivity contribution in [3.63, 3.8) is 0 Å². The molecule has 1 aliphatic rings. The fourth-order valence-electron chi connectivity index (χ4n) is 2.67. The minimum absolute atomic E-state index is 0.0451. The highest BCUT2D eigenvalue weighted by Crippen LogP contribution is 2.38. The lowest BCUT2D eigenvalue weighted by molar-refractivity contribution is 0.454.